The van der Waals surface area contributed by atoms with Crippen LogP contribution in [-0.4, -0.2) is 9.55 Å². The van der Waals surface area contributed by atoms with E-state index in [1.54, 1.807) is 0 Å². The number of nitrogen functional groups attached to an aromatic ring is 1. The first-order valence-corrected chi connectivity index (χ1v) is 8.62. The van der Waals surface area contributed by atoms with Crippen LogP contribution in [0.25, 0.3) is 0 Å². The van der Waals surface area contributed by atoms with Gasteiger partial charge in [-0.1, -0.05) is 45.4 Å². The number of rotatable bonds is 7. The van der Waals surface area contributed by atoms with Crippen molar-refractivity contribution in [3.05, 3.63) is 11.5 Å². The molecule has 1 aromatic heterocycles. The normalized spacial score (nSPS) is 16.7. The van der Waals surface area contributed by atoms with Gasteiger partial charge in [-0.25, -0.2) is 4.98 Å². The lowest BCUT2D eigenvalue weighted by Gasteiger charge is -2.21. The minimum atomic E-state index is 0.649. The van der Waals surface area contributed by atoms with Crippen molar-refractivity contribution in [2.45, 2.75) is 90.5 Å². The molecule has 0 aromatic carbocycles. The van der Waals surface area contributed by atoms with E-state index in [0.717, 1.165) is 24.5 Å². The quantitative estimate of drug-likeness (QED) is 0.737. The van der Waals surface area contributed by atoms with Crippen molar-refractivity contribution in [3.63, 3.8) is 0 Å². The Morgan fingerprint density at radius 3 is 2.50 bits per heavy atom. The third-order valence-corrected chi connectivity index (χ3v) is 4.67. The summed E-state index contributed by atoms with van der Waals surface area (Å²) in [6.45, 7) is 5.40. The molecule has 1 aliphatic carbocycles. The summed E-state index contributed by atoms with van der Waals surface area (Å²) in [5.41, 5.74) is 7.49. The van der Waals surface area contributed by atoms with E-state index in [1.165, 1.54) is 63.6 Å². The number of nitrogens with zero attached hydrogens (tertiary/aromatic N) is 2. The van der Waals surface area contributed by atoms with Gasteiger partial charge >= 0.3 is 0 Å². The topological polar surface area (TPSA) is 43.8 Å². The zero-order valence-corrected chi connectivity index (χ0v) is 13.3. The second-order valence-electron chi connectivity index (χ2n) is 6.19. The third-order valence-electron chi connectivity index (χ3n) is 4.67. The summed E-state index contributed by atoms with van der Waals surface area (Å²) in [6.07, 6.45) is 12.9. The van der Waals surface area contributed by atoms with Crippen molar-refractivity contribution in [2.75, 3.05) is 5.73 Å². The van der Waals surface area contributed by atoms with E-state index >= 15 is 0 Å². The Hall–Kier alpha value is -0.990. The van der Waals surface area contributed by atoms with E-state index in [0.29, 0.717) is 5.92 Å². The zero-order chi connectivity index (χ0) is 14.4. The summed E-state index contributed by atoms with van der Waals surface area (Å²) in [5, 5.41) is 0. The lowest BCUT2D eigenvalue weighted by Crippen LogP contribution is -2.12. The van der Waals surface area contributed by atoms with Crippen molar-refractivity contribution in [1.29, 1.82) is 0 Å². The van der Waals surface area contributed by atoms with Crippen LogP contribution in [-0.2, 0) is 13.0 Å². The lowest BCUT2D eigenvalue weighted by molar-refractivity contribution is 0.417. The summed E-state index contributed by atoms with van der Waals surface area (Å²) in [5.74, 6) is 2.86. The molecule has 0 spiro atoms. The van der Waals surface area contributed by atoms with Gasteiger partial charge in [-0.15, -0.1) is 0 Å². The van der Waals surface area contributed by atoms with Crippen LogP contribution in [0.5, 0.6) is 0 Å². The Morgan fingerprint density at radius 1 is 1.10 bits per heavy atom. The van der Waals surface area contributed by atoms with Gasteiger partial charge in [0.15, 0.2) is 0 Å². The van der Waals surface area contributed by atoms with Gasteiger partial charge in [-0.2, -0.15) is 0 Å². The first-order chi connectivity index (χ1) is 9.77. The predicted molar refractivity (Wildman–Crippen MR) is 86.0 cm³/mol. The van der Waals surface area contributed by atoms with Crippen LogP contribution < -0.4 is 5.73 Å². The molecule has 0 saturated heterocycles. The summed E-state index contributed by atoms with van der Waals surface area (Å²) in [4.78, 5) is 4.94. The molecular formula is C17H31N3. The molecule has 2 rings (SSSR count). The fourth-order valence-electron chi connectivity index (χ4n) is 3.44. The molecule has 0 amide bonds. The summed E-state index contributed by atoms with van der Waals surface area (Å²) < 4.78 is 2.27. The summed E-state index contributed by atoms with van der Waals surface area (Å²) in [6, 6.07) is 0. The first-order valence-electron chi connectivity index (χ1n) is 8.62. The van der Waals surface area contributed by atoms with E-state index in [1.807, 2.05) is 0 Å². The minimum Gasteiger partial charge on any atom is -0.384 e. The molecule has 114 valence electrons. The van der Waals surface area contributed by atoms with Crippen molar-refractivity contribution < 1.29 is 0 Å². The van der Waals surface area contributed by atoms with Crippen LogP contribution in [0.3, 0.4) is 0 Å². The van der Waals surface area contributed by atoms with E-state index in [-0.39, 0.29) is 0 Å². The van der Waals surface area contributed by atoms with Gasteiger partial charge in [0.1, 0.15) is 11.6 Å². The summed E-state index contributed by atoms with van der Waals surface area (Å²) in [7, 11) is 0. The number of aryl methyl sites for hydroxylation is 1. The first kappa shape index (κ1) is 15.4. The van der Waals surface area contributed by atoms with Gasteiger partial charge in [0.2, 0.25) is 0 Å². The Balaban J connectivity index is 2.07. The molecule has 0 atom stereocenters. The van der Waals surface area contributed by atoms with Crippen molar-refractivity contribution >= 4 is 5.82 Å². The van der Waals surface area contributed by atoms with E-state index in [2.05, 4.69) is 18.4 Å². The molecular weight excluding hydrogens is 246 g/mol. The average molecular weight is 277 g/mol. The fourth-order valence-corrected chi connectivity index (χ4v) is 3.44. The van der Waals surface area contributed by atoms with Crippen LogP contribution in [0.2, 0.25) is 0 Å². The molecule has 2 N–H and O–H groups in total. The number of anilines is 1. The van der Waals surface area contributed by atoms with Gasteiger partial charge in [-0.3, -0.25) is 0 Å². The van der Waals surface area contributed by atoms with Crippen molar-refractivity contribution in [3.8, 4) is 0 Å². The monoisotopic (exact) mass is 277 g/mol. The van der Waals surface area contributed by atoms with Gasteiger partial charge < -0.3 is 10.3 Å². The maximum atomic E-state index is 6.34. The molecule has 3 nitrogen and oxygen atoms in total. The highest BCUT2D eigenvalue weighted by Gasteiger charge is 2.23. The molecule has 0 aliphatic heterocycles. The van der Waals surface area contributed by atoms with E-state index in [9.17, 15) is 0 Å². The van der Waals surface area contributed by atoms with E-state index < -0.39 is 0 Å². The highest BCUT2D eigenvalue weighted by atomic mass is 15.1. The maximum Gasteiger partial charge on any atom is 0.126 e. The van der Waals surface area contributed by atoms with Crippen molar-refractivity contribution in [1.82, 2.24) is 9.55 Å². The average Bonchev–Trinajstić information content (AvgIpc) is 2.81. The van der Waals surface area contributed by atoms with Gasteiger partial charge in [-0.05, 0) is 32.6 Å². The number of aromatic nitrogens is 2. The standard InChI is InChI=1S/C17H31N3/c1-3-5-6-10-13-15-16(18)20(4-2)17(19-15)14-11-8-7-9-12-14/h14H,3-13,18H2,1-2H3. The summed E-state index contributed by atoms with van der Waals surface area (Å²) >= 11 is 0. The number of hydrogen-bond acceptors (Lipinski definition) is 2. The van der Waals surface area contributed by atoms with E-state index in [4.69, 9.17) is 10.7 Å². The Bertz CT molecular complexity index is 403. The fraction of sp³-hybridized carbons (Fsp3) is 0.824. The molecule has 3 heteroatoms. The molecule has 1 aromatic rings. The third kappa shape index (κ3) is 3.56. The number of imidazole rings is 1. The molecule has 1 fully saturated rings. The Kier molecular flexibility index (Phi) is 5.93. The second-order valence-corrected chi connectivity index (χ2v) is 6.19. The smallest absolute Gasteiger partial charge is 0.126 e. The maximum absolute atomic E-state index is 6.34. The molecule has 1 saturated carbocycles. The number of hydrogen-bond donors (Lipinski definition) is 1. The SMILES string of the molecule is CCCCCCc1nc(C2CCCCC2)n(CC)c1N. The Labute approximate surface area is 124 Å². The molecule has 1 heterocycles. The van der Waals surface area contributed by atoms with Gasteiger partial charge in [0, 0.05) is 12.5 Å². The molecule has 0 unspecified atom stereocenters. The van der Waals surface area contributed by atoms with Crippen LogP contribution in [0.4, 0.5) is 5.82 Å². The second kappa shape index (κ2) is 7.70. The zero-order valence-electron chi connectivity index (χ0n) is 13.3. The minimum absolute atomic E-state index is 0.649. The largest absolute Gasteiger partial charge is 0.384 e. The van der Waals surface area contributed by atoms with Crippen LogP contribution in [0.15, 0.2) is 0 Å². The molecule has 20 heavy (non-hydrogen) atoms. The molecule has 1 aliphatic rings. The van der Waals surface area contributed by atoms with Crippen LogP contribution >= 0.6 is 0 Å². The Morgan fingerprint density at radius 2 is 1.85 bits per heavy atom. The highest BCUT2D eigenvalue weighted by molar-refractivity contribution is 5.39. The van der Waals surface area contributed by atoms with Crippen LogP contribution in [0.1, 0.15) is 89.1 Å². The highest BCUT2D eigenvalue weighted by Crippen LogP contribution is 2.34. The lowest BCUT2D eigenvalue weighted by atomic mass is 9.88. The molecule has 0 radical (unpaired) electrons. The van der Waals surface area contributed by atoms with Crippen molar-refractivity contribution in [2.24, 2.45) is 0 Å². The van der Waals surface area contributed by atoms with Crippen LogP contribution in [0, 0.1) is 0 Å². The van der Waals surface area contributed by atoms with Gasteiger partial charge in [0.25, 0.3) is 0 Å². The number of unbranched alkanes of at least 4 members (excludes halogenated alkanes) is 3. The number of nitrogens with two attached hydrogens (primary N) is 1. The predicted octanol–water partition coefficient (Wildman–Crippen LogP) is 4.66. The molecule has 0 bridgehead atoms. The van der Waals surface area contributed by atoms with Gasteiger partial charge in [0.05, 0.1) is 5.69 Å².